The van der Waals surface area contributed by atoms with Gasteiger partial charge in [0.1, 0.15) is 13.2 Å². The molecule has 0 aliphatic rings. The largest absolute Gasteiger partial charge is 0.462 e. The van der Waals surface area contributed by atoms with Crippen molar-refractivity contribution in [1.82, 2.24) is 0 Å². The maximum absolute atomic E-state index is 12.8. The first-order chi connectivity index (χ1) is 34.5. The van der Waals surface area contributed by atoms with Gasteiger partial charge in [-0.05, 0) is 83.5 Å². The topological polar surface area (TPSA) is 78.9 Å². The molecule has 0 aromatic carbocycles. The van der Waals surface area contributed by atoms with E-state index in [1.165, 1.54) is 212 Å². The number of esters is 3. The van der Waals surface area contributed by atoms with Crippen LogP contribution >= 0.6 is 0 Å². The molecule has 0 aromatic heterocycles. The number of allylic oxidation sites excluding steroid dienone is 8. The van der Waals surface area contributed by atoms with Gasteiger partial charge in [-0.2, -0.15) is 0 Å². The lowest BCUT2D eigenvalue weighted by Gasteiger charge is -2.18. The van der Waals surface area contributed by atoms with Crippen molar-refractivity contribution in [2.45, 2.75) is 329 Å². The van der Waals surface area contributed by atoms with Crippen LogP contribution in [0.1, 0.15) is 323 Å². The Kier molecular flexibility index (Phi) is 56.7. The zero-order chi connectivity index (χ0) is 50.7. The molecule has 0 saturated carbocycles. The first-order valence-electron chi connectivity index (χ1n) is 30.6. The summed E-state index contributed by atoms with van der Waals surface area (Å²) >= 11 is 0. The van der Waals surface area contributed by atoms with Crippen molar-refractivity contribution in [1.29, 1.82) is 0 Å². The molecule has 0 spiro atoms. The van der Waals surface area contributed by atoms with Crippen LogP contribution in [-0.2, 0) is 28.6 Å². The Hall–Kier alpha value is -2.63. The second-order valence-corrected chi connectivity index (χ2v) is 20.6. The van der Waals surface area contributed by atoms with Gasteiger partial charge in [-0.25, -0.2) is 0 Å². The fourth-order valence-corrected chi connectivity index (χ4v) is 8.92. The molecule has 0 saturated heterocycles. The quantitative estimate of drug-likeness (QED) is 0.0261. The predicted molar refractivity (Wildman–Crippen MR) is 302 cm³/mol. The van der Waals surface area contributed by atoms with Crippen LogP contribution in [0, 0.1) is 0 Å². The van der Waals surface area contributed by atoms with Crippen LogP contribution in [0.25, 0.3) is 0 Å². The van der Waals surface area contributed by atoms with Crippen molar-refractivity contribution in [3.05, 3.63) is 48.6 Å². The summed E-state index contributed by atoms with van der Waals surface area (Å²) in [4.78, 5) is 37.9. The monoisotopic (exact) mass is 981 g/mol. The minimum absolute atomic E-state index is 0.0734. The van der Waals surface area contributed by atoms with Gasteiger partial charge in [-0.1, -0.05) is 268 Å². The highest BCUT2D eigenvalue weighted by Gasteiger charge is 2.19. The van der Waals surface area contributed by atoms with Gasteiger partial charge in [0.25, 0.3) is 0 Å². The summed E-state index contributed by atoms with van der Waals surface area (Å²) in [5.41, 5.74) is 0. The summed E-state index contributed by atoms with van der Waals surface area (Å²) in [7, 11) is 0. The lowest BCUT2D eigenvalue weighted by molar-refractivity contribution is -0.167. The van der Waals surface area contributed by atoms with Crippen molar-refractivity contribution in [3.8, 4) is 0 Å². The van der Waals surface area contributed by atoms with E-state index in [4.69, 9.17) is 14.2 Å². The summed E-state index contributed by atoms with van der Waals surface area (Å²) in [5, 5.41) is 0. The zero-order valence-corrected chi connectivity index (χ0v) is 46.8. The van der Waals surface area contributed by atoms with Crippen molar-refractivity contribution in [2.24, 2.45) is 0 Å². The minimum Gasteiger partial charge on any atom is -0.462 e. The van der Waals surface area contributed by atoms with E-state index in [1.54, 1.807) is 0 Å². The van der Waals surface area contributed by atoms with E-state index in [9.17, 15) is 14.4 Å². The Morgan fingerprint density at radius 2 is 0.514 bits per heavy atom. The number of carbonyl (C=O) groups is 3. The van der Waals surface area contributed by atoms with E-state index in [0.29, 0.717) is 19.3 Å². The third-order valence-corrected chi connectivity index (χ3v) is 13.6. The fraction of sp³-hybridized carbons (Fsp3) is 0.828. The van der Waals surface area contributed by atoms with Gasteiger partial charge >= 0.3 is 17.9 Å². The van der Waals surface area contributed by atoms with Crippen LogP contribution in [0.2, 0.25) is 0 Å². The van der Waals surface area contributed by atoms with Crippen molar-refractivity contribution in [3.63, 3.8) is 0 Å². The summed E-state index contributed by atoms with van der Waals surface area (Å²) in [5.74, 6) is -0.875. The fourth-order valence-electron chi connectivity index (χ4n) is 8.92. The van der Waals surface area contributed by atoms with Gasteiger partial charge in [0.15, 0.2) is 6.10 Å². The Morgan fingerprint density at radius 3 is 0.814 bits per heavy atom. The van der Waals surface area contributed by atoms with Crippen LogP contribution < -0.4 is 0 Å². The van der Waals surface area contributed by atoms with Crippen LogP contribution in [0.15, 0.2) is 48.6 Å². The SMILES string of the molecule is CCCCCCC/C=C\C/C=C\C/C=C\CCCCCCCCCCCCC(=O)OCC(COC(=O)CCCCCCCC)OC(=O)CCCCCCCCCCC/C=C\CCCCCCCCCC. The van der Waals surface area contributed by atoms with E-state index in [2.05, 4.69) is 69.4 Å². The Balaban J connectivity index is 4.10. The lowest BCUT2D eigenvalue weighted by atomic mass is 10.0. The molecule has 408 valence electrons. The predicted octanol–water partition coefficient (Wildman–Crippen LogP) is 20.6. The molecular weight excluding hydrogens is 865 g/mol. The molecule has 0 rings (SSSR count). The molecule has 1 atom stereocenters. The summed E-state index contributed by atoms with van der Waals surface area (Å²) in [6.07, 6.45) is 72.9. The number of hydrogen-bond acceptors (Lipinski definition) is 6. The first kappa shape index (κ1) is 67.4. The van der Waals surface area contributed by atoms with Crippen molar-refractivity contribution in [2.75, 3.05) is 13.2 Å². The normalized spacial score (nSPS) is 12.3. The molecule has 0 radical (unpaired) electrons. The first-order valence-corrected chi connectivity index (χ1v) is 30.6. The average molecular weight is 982 g/mol. The van der Waals surface area contributed by atoms with Gasteiger partial charge in [0, 0.05) is 19.3 Å². The van der Waals surface area contributed by atoms with Crippen molar-refractivity contribution >= 4 is 17.9 Å². The van der Waals surface area contributed by atoms with Gasteiger partial charge in [0.2, 0.25) is 0 Å². The molecule has 0 aliphatic carbocycles. The van der Waals surface area contributed by atoms with Crippen LogP contribution in [0.5, 0.6) is 0 Å². The number of ether oxygens (including phenoxy) is 3. The number of rotatable bonds is 56. The van der Waals surface area contributed by atoms with Crippen LogP contribution in [0.4, 0.5) is 0 Å². The Bertz CT molecular complexity index is 1220. The lowest BCUT2D eigenvalue weighted by Crippen LogP contribution is -2.30. The molecule has 1 unspecified atom stereocenters. The molecule has 70 heavy (non-hydrogen) atoms. The third kappa shape index (κ3) is 56.3. The molecule has 0 amide bonds. The molecular formula is C64H116O6. The highest BCUT2D eigenvalue weighted by molar-refractivity contribution is 5.71. The van der Waals surface area contributed by atoms with Crippen LogP contribution in [-0.4, -0.2) is 37.2 Å². The minimum atomic E-state index is -0.772. The molecule has 6 nitrogen and oxygen atoms in total. The maximum Gasteiger partial charge on any atom is 0.306 e. The highest BCUT2D eigenvalue weighted by atomic mass is 16.6. The van der Waals surface area contributed by atoms with E-state index >= 15 is 0 Å². The molecule has 0 aromatic rings. The second kappa shape index (κ2) is 58.9. The highest BCUT2D eigenvalue weighted by Crippen LogP contribution is 2.16. The number of unbranched alkanes of at least 4 members (excludes halogenated alkanes) is 37. The Morgan fingerprint density at radius 1 is 0.286 bits per heavy atom. The standard InChI is InChI=1S/C64H116O6/c1-4-7-10-13-16-18-20-22-24-26-28-30-31-32-33-35-36-38-40-42-44-46-48-51-54-57-63(66)69-60-61(59-68-62(65)56-53-50-15-12-9-6-3)70-64(67)58-55-52-49-47-45-43-41-39-37-34-29-27-25-23-21-19-17-14-11-8-5-2/h20,22,26-29,31-32,61H,4-19,21,23-25,30,33-60H2,1-3H3/b22-20-,28-26-,29-27-,32-31-. The molecule has 0 heterocycles. The summed E-state index contributed by atoms with van der Waals surface area (Å²) < 4.78 is 16.8. The summed E-state index contributed by atoms with van der Waals surface area (Å²) in [6, 6.07) is 0. The number of carbonyl (C=O) groups excluding carboxylic acids is 3. The third-order valence-electron chi connectivity index (χ3n) is 13.6. The Labute approximate surface area is 435 Å². The zero-order valence-electron chi connectivity index (χ0n) is 46.8. The maximum atomic E-state index is 12.8. The molecule has 0 N–H and O–H groups in total. The van der Waals surface area contributed by atoms with E-state index in [-0.39, 0.29) is 31.1 Å². The van der Waals surface area contributed by atoms with E-state index in [0.717, 1.165) is 70.6 Å². The van der Waals surface area contributed by atoms with Gasteiger partial charge < -0.3 is 14.2 Å². The van der Waals surface area contributed by atoms with Gasteiger partial charge in [-0.15, -0.1) is 0 Å². The summed E-state index contributed by atoms with van der Waals surface area (Å²) in [6.45, 7) is 6.60. The average Bonchev–Trinajstić information content (AvgIpc) is 3.36. The molecule has 6 heteroatoms. The van der Waals surface area contributed by atoms with Gasteiger partial charge in [-0.3, -0.25) is 14.4 Å². The molecule has 0 bridgehead atoms. The molecule has 0 fully saturated rings. The second-order valence-electron chi connectivity index (χ2n) is 20.6. The number of hydrogen-bond donors (Lipinski definition) is 0. The van der Waals surface area contributed by atoms with E-state index < -0.39 is 6.10 Å². The van der Waals surface area contributed by atoms with E-state index in [1.807, 2.05) is 0 Å². The van der Waals surface area contributed by atoms with Crippen molar-refractivity contribution < 1.29 is 28.6 Å². The van der Waals surface area contributed by atoms with Crippen LogP contribution in [0.3, 0.4) is 0 Å². The van der Waals surface area contributed by atoms with Gasteiger partial charge in [0.05, 0.1) is 0 Å². The smallest absolute Gasteiger partial charge is 0.306 e. The molecule has 0 aliphatic heterocycles.